The number of aryl methyl sites for hydroxylation is 1. The van der Waals surface area contributed by atoms with E-state index < -0.39 is 0 Å². The fourth-order valence-corrected chi connectivity index (χ4v) is 1.21. The van der Waals surface area contributed by atoms with E-state index in [0.29, 0.717) is 11.3 Å². The lowest BCUT2D eigenvalue weighted by Crippen LogP contribution is -1.87. The van der Waals surface area contributed by atoms with Crippen LogP contribution in [0, 0.1) is 10.7 Å². The van der Waals surface area contributed by atoms with Gasteiger partial charge in [-0.25, -0.2) is 4.39 Å². The predicted molar refractivity (Wildman–Crippen MR) is 50.5 cm³/mol. The van der Waals surface area contributed by atoms with Gasteiger partial charge in [-0.3, -0.25) is 0 Å². The standard InChI is InChI=1S/C10H12FNO/c1-2-3-4-8-7-9(11)5-6-10(8)12-13/h5-7H,2-4H2,1H3. The van der Waals surface area contributed by atoms with Crippen molar-refractivity contribution in [2.24, 2.45) is 5.18 Å². The van der Waals surface area contributed by atoms with Crippen LogP contribution in [0.15, 0.2) is 23.4 Å². The molecule has 0 radical (unpaired) electrons. The monoisotopic (exact) mass is 181 g/mol. The molecule has 1 aromatic carbocycles. The maximum Gasteiger partial charge on any atom is 0.123 e. The highest BCUT2D eigenvalue weighted by molar-refractivity contribution is 5.45. The van der Waals surface area contributed by atoms with E-state index in [4.69, 9.17) is 0 Å². The summed E-state index contributed by atoms with van der Waals surface area (Å²) in [4.78, 5) is 10.3. The third-order valence-corrected chi connectivity index (χ3v) is 1.94. The zero-order valence-electron chi connectivity index (χ0n) is 7.59. The Labute approximate surface area is 76.8 Å². The van der Waals surface area contributed by atoms with Gasteiger partial charge >= 0.3 is 0 Å². The highest BCUT2D eigenvalue weighted by Crippen LogP contribution is 2.21. The molecule has 0 aromatic heterocycles. The van der Waals surface area contributed by atoms with Gasteiger partial charge in [0.05, 0.1) is 0 Å². The van der Waals surface area contributed by atoms with Gasteiger partial charge in [-0.1, -0.05) is 13.3 Å². The van der Waals surface area contributed by atoms with Crippen molar-refractivity contribution in [3.8, 4) is 0 Å². The molecule has 0 N–H and O–H groups in total. The zero-order valence-corrected chi connectivity index (χ0v) is 7.59. The molecule has 2 nitrogen and oxygen atoms in total. The normalized spacial score (nSPS) is 10.0. The summed E-state index contributed by atoms with van der Waals surface area (Å²) < 4.78 is 12.8. The number of hydrogen-bond donors (Lipinski definition) is 0. The smallest absolute Gasteiger partial charge is 0.123 e. The molecule has 0 bridgehead atoms. The van der Waals surface area contributed by atoms with E-state index in [1.807, 2.05) is 6.92 Å². The minimum Gasteiger partial charge on any atom is -0.207 e. The van der Waals surface area contributed by atoms with Crippen molar-refractivity contribution in [1.82, 2.24) is 0 Å². The highest BCUT2D eigenvalue weighted by Gasteiger charge is 2.03. The molecule has 1 rings (SSSR count). The van der Waals surface area contributed by atoms with Gasteiger partial charge in [0.15, 0.2) is 0 Å². The summed E-state index contributed by atoms with van der Waals surface area (Å²) in [6, 6.07) is 4.06. The lowest BCUT2D eigenvalue weighted by atomic mass is 10.1. The van der Waals surface area contributed by atoms with E-state index in [1.54, 1.807) is 0 Å². The number of benzene rings is 1. The number of nitroso groups, excluding NO2 is 1. The van der Waals surface area contributed by atoms with Crippen LogP contribution in [0.3, 0.4) is 0 Å². The van der Waals surface area contributed by atoms with Crippen molar-refractivity contribution in [2.75, 3.05) is 0 Å². The molecule has 1 aromatic rings. The summed E-state index contributed by atoms with van der Waals surface area (Å²) >= 11 is 0. The first-order valence-corrected chi connectivity index (χ1v) is 4.39. The van der Waals surface area contributed by atoms with Gasteiger partial charge in [0.1, 0.15) is 11.5 Å². The van der Waals surface area contributed by atoms with E-state index in [-0.39, 0.29) is 5.82 Å². The molecule has 3 heteroatoms. The van der Waals surface area contributed by atoms with Crippen LogP contribution in [0.2, 0.25) is 0 Å². The molecule has 0 heterocycles. The van der Waals surface area contributed by atoms with E-state index in [0.717, 1.165) is 19.3 Å². The topological polar surface area (TPSA) is 29.4 Å². The Morgan fingerprint density at radius 3 is 2.85 bits per heavy atom. The number of nitrogens with zero attached hydrogens (tertiary/aromatic N) is 1. The summed E-state index contributed by atoms with van der Waals surface area (Å²) in [6.07, 6.45) is 2.69. The average molecular weight is 181 g/mol. The van der Waals surface area contributed by atoms with Gasteiger partial charge in [0, 0.05) is 0 Å². The zero-order chi connectivity index (χ0) is 9.68. The van der Waals surface area contributed by atoms with Crippen LogP contribution in [0.1, 0.15) is 25.3 Å². The van der Waals surface area contributed by atoms with Crippen LogP contribution in [-0.2, 0) is 6.42 Å². The van der Waals surface area contributed by atoms with Crippen LogP contribution < -0.4 is 0 Å². The van der Waals surface area contributed by atoms with E-state index in [1.165, 1.54) is 18.2 Å². The van der Waals surface area contributed by atoms with Crippen molar-refractivity contribution in [1.29, 1.82) is 0 Å². The molecule has 0 atom stereocenters. The van der Waals surface area contributed by atoms with Crippen LogP contribution in [0.4, 0.5) is 10.1 Å². The van der Waals surface area contributed by atoms with Gasteiger partial charge in [-0.2, -0.15) is 0 Å². The molecular weight excluding hydrogens is 169 g/mol. The van der Waals surface area contributed by atoms with Crippen LogP contribution in [0.25, 0.3) is 0 Å². The molecular formula is C10H12FNO. The highest BCUT2D eigenvalue weighted by atomic mass is 19.1. The van der Waals surface area contributed by atoms with Gasteiger partial charge in [-0.15, -0.1) is 4.91 Å². The van der Waals surface area contributed by atoms with Crippen molar-refractivity contribution >= 4 is 5.69 Å². The van der Waals surface area contributed by atoms with Gasteiger partial charge in [-0.05, 0) is 41.8 Å². The molecule has 0 saturated carbocycles. The molecule has 0 spiro atoms. The molecule has 0 saturated heterocycles. The van der Waals surface area contributed by atoms with Crippen molar-refractivity contribution in [2.45, 2.75) is 26.2 Å². The Morgan fingerprint density at radius 2 is 2.23 bits per heavy atom. The Bertz CT molecular complexity index is 299. The average Bonchev–Trinajstić information content (AvgIpc) is 2.15. The first kappa shape index (κ1) is 9.84. The summed E-state index contributed by atoms with van der Waals surface area (Å²) in [6.45, 7) is 2.05. The molecule has 0 aliphatic heterocycles. The lowest BCUT2D eigenvalue weighted by Gasteiger charge is -2.01. The predicted octanol–water partition coefficient (Wildman–Crippen LogP) is 3.57. The van der Waals surface area contributed by atoms with E-state index >= 15 is 0 Å². The number of hydrogen-bond acceptors (Lipinski definition) is 2. The molecule has 0 fully saturated rings. The number of unbranched alkanes of at least 4 members (excludes halogenated alkanes) is 1. The fraction of sp³-hybridized carbons (Fsp3) is 0.400. The van der Waals surface area contributed by atoms with Crippen LogP contribution >= 0.6 is 0 Å². The number of halogens is 1. The van der Waals surface area contributed by atoms with Gasteiger partial charge in [0.2, 0.25) is 0 Å². The van der Waals surface area contributed by atoms with E-state index in [2.05, 4.69) is 5.18 Å². The van der Waals surface area contributed by atoms with Crippen LogP contribution in [0.5, 0.6) is 0 Å². The molecule has 0 aliphatic rings. The second-order valence-corrected chi connectivity index (χ2v) is 2.97. The maximum atomic E-state index is 12.8. The second kappa shape index (κ2) is 4.70. The SMILES string of the molecule is CCCCc1cc(F)ccc1N=O. The quantitative estimate of drug-likeness (QED) is 0.653. The Kier molecular flexibility index (Phi) is 3.55. The Hall–Kier alpha value is -1.25. The first-order chi connectivity index (χ1) is 6.27. The second-order valence-electron chi connectivity index (χ2n) is 2.97. The van der Waals surface area contributed by atoms with Crippen molar-refractivity contribution in [3.63, 3.8) is 0 Å². The van der Waals surface area contributed by atoms with Gasteiger partial charge in [0.25, 0.3) is 0 Å². The first-order valence-electron chi connectivity index (χ1n) is 4.39. The molecule has 13 heavy (non-hydrogen) atoms. The Morgan fingerprint density at radius 1 is 1.46 bits per heavy atom. The molecule has 0 unspecified atom stereocenters. The fourth-order valence-electron chi connectivity index (χ4n) is 1.21. The molecule has 0 amide bonds. The van der Waals surface area contributed by atoms with Gasteiger partial charge < -0.3 is 0 Å². The summed E-state index contributed by atoms with van der Waals surface area (Å²) in [5, 5.41) is 2.85. The minimum absolute atomic E-state index is 0.307. The summed E-state index contributed by atoms with van der Waals surface area (Å²) in [5.74, 6) is -0.307. The number of rotatable bonds is 4. The third kappa shape index (κ3) is 2.61. The minimum atomic E-state index is -0.307. The van der Waals surface area contributed by atoms with Crippen molar-refractivity contribution < 1.29 is 4.39 Å². The molecule has 0 aliphatic carbocycles. The summed E-state index contributed by atoms with van der Waals surface area (Å²) in [5.41, 5.74) is 1.06. The molecule has 70 valence electrons. The van der Waals surface area contributed by atoms with Crippen molar-refractivity contribution in [3.05, 3.63) is 34.5 Å². The largest absolute Gasteiger partial charge is 0.207 e. The maximum absolute atomic E-state index is 12.8. The van der Waals surface area contributed by atoms with E-state index in [9.17, 15) is 9.30 Å². The van der Waals surface area contributed by atoms with Crippen LogP contribution in [-0.4, -0.2) is 0 Å². The summed E-state index contributed by atoms with van der Waals surface area (Å²) in [7, 11) is 0. The third-order valence-electron chi connectivity index (χ3n) is 1.94. The Balaban J connectivity index is 2.87. The lowest BCUT2D eigenvalue weighted by molar-refractivity contribution is 0.624.